The van der Waals surface area contributed by atoms with E-state index in [0.717, 1.165) is 25.7 Å². The van der Waals surface area contributed by atoms with Crippen molar-refractivity contribution in [2.45, 2.75) is 44.7 Å². The molecule has 106 valence electrons. The molecule has 5 heteroatoms. The topological polar surface area (TPSA) is 55.1 Å². The Labute approximate surface area is 119 Å². The number of halogens is 2. The molecule has 0 bridgehead atoms. The summed E-state index contributed by atoms with van der Waals surface area (Å²) in [6, 6.07) is 5.24. The number of hydrogen-bond donors (Lipinski definition) is 2. The molecule has 1 aliphatic rings. The van der Waals surface area contributed by atoms with E-state index in [2.05, 4.69) is 5.32 Å². The van der Waals surface area contributed by atoms with Gasteiger partial charge in [0.2, 0.25) is 0 Å². The van der Waals surface area contributed by atoms with Crippen LogP contribution in [0.25, 0.3) is 0 Å². The highest BCUT2D eigenvalue weighted by Crippen LogP contribution is 2.18. The maximum absolute atomic E-state index is 13.8. The highest BCUT2D eigenvalue weighted by molar-refractivity contribution is 5.94. The fraction of sp³-hybridized carbons (Fsp3) is 0.500. The predicted octanol–water partition coefficient (Wildman–Crippen LogP) is 2.56. The minimum atomic E-state index is -0.428. The summed E-state index contributed by atoms with van der Waals surface area (Å²) in [5, 5.41) is 2.89. The van der Waals surface area contributed by atoms with Crippen molar-refractivity contribution in [3.8, 4) is 0 Å². The van der Waals surface area contributed by atoms with Gasteiger partial charge in [-0.15, -0.1) is 12.4 Å². The van der Waals surface area contributed by atoms with Gasteiger partial charge < -0.3 is 11.1 Å². The fourth-order valence-corrected chi connectivity index (χ4v) is 2.35. The molecule has 1 fully saturated rings. The zero-order valence-electron chi connectivity index (χ0n) is 11.0. The van der Waals surface area contributed by atoms with Gasteiger partial charge in [-0.1, -0.05) is 12.1 Å². The number of nitrogens with two attached hydrogens (primary N) is 1. The zero-order valence-corrected chi connectivity index (χ0v) is 11.8. The molecule has 0 unspecified atom stereocenters. The van der Waals surface area contributed by atoms with E-state index >= 15 is 0 Å². The lowest BCUT2D eigenvalue weighted by Crippen LogP contribution is -2.40. The lowest BCUT2D eigenvalue weighted by Gasteiger charge is -2.26. The van der Waals surface area contributed by atoms with Crippen molar-refractivity contribution in [2.75, 3.05) is 0 Å². The Balaban J connectivity index is 0.00000180. The van der Waals surface area contributed by atoms with E-state index in [0.29, 0.717) is 5.56 Å². The second-order valence-corrected chi connectivity index (χ2v) is 5.02. The number of amides is 1. The Morgan fingerprint density at radius 1 is 1.32 bits per heavy atom. The van der Waals surface area contributed by atoms with Crippen LogP contribution >= 0.6 is 12.4 Å². The molecule has 0 aromatic heterocycles. The Kier molecular flexibility index (Phi) is 5.76. The summed E-state index contributed by atoms with van der Waals surface area (Å²) in [5.41, 5.74) is 6.43. The summed E-state index contributed by atoms with van der Waals surface area (Å²) in [7, 11) is 0. The van der Waals surface area contributed by atoms with E-state index in [1.807, 2.05) is 0 Å². The van der Waals surface area contributed by atoms with Crippen LogP contribution in [0, 0.1) is 12.7 Å². The van der Waals surface area contributed by atoms with Gasteiger partial charge >= 0.3 is 0 Å². The van der Waals surface area contributed by atoms with Gasteiger partial charge in [-0.2, -0.15) is 0 Å². The first-order chi connectivity index (χ1) is 8.58. The molecule has 0 saturated heterocycles. The second-order valence-electron chi connectivity index (χ2n) is 5.02. The summed E-state index contributed by atoms with van der Waals surface area (Å²) in [4.78, 5) is 12.0. The van der Waals surface area contributed by atoms with Crippen LogP contribution in [0.5, 0.6) is 0 Å². The number of rotatable bonds is 2. The molecule has 0 spiro atoms. The molecular weight excluding hydrogens is 267 g/mol. The predicted molar refractivity (Wildman–Crippen MR) is 76.1 cm³/mol. The number of aryl methyl sites for hydroxylation is 1. The number of carbonyl (C=O) groups excluding carboxylic acids is 1. The largest absolute Gasteiger partial charge is 0.349 e. The van der Waals surface area contributed by atoms with Crippen LogP contribution < -0.4 is 11.1 Å². The molecule has 1 aromatic carbocycles. The molecule has 1 aromatic rings. The molecule has 0 aliphatic heterocycles. The second kappa shape index (κ2) is 6.87. The summed E-state index contributed by atoms with van der Waals surface area (Å²) in [6.07, 6.45) is 3.59. The van der Waals surface area contributed by atoms with Gasteiger partial charge in [0.15, 0.2) is 0 Å². The van der Waals surface area contributed by atoms with E-state index in [9.17, 15) is 9.18 Å². The van der Waals surface area contributed by atoms with Gasteiger partial charge in [0, 0.05) is 12.1 Å². The maximum atomic E-state index is 13.8. The van der Waals surface area contributed by atoms with Gasteiger partial charge in [-0.25, -0.2) is 4.39 Å². The highest BCUT2D eigenvalue weighted by Gasteiger charge is 2.22. The molecule has 19 heavy (non-hydrogen) atoms. The number of carbonyl (C=O) groups is 1. The molecule has 2 rings (SSSR count). The Hall–Kier alpha value is -1.13. The van der Waals surface area contributed by atoms with Gasteiger partial charge in [-0.05, 0) is 44.2 Å². The maximum Gasteiger partial charge on any atom is 0.254 e. The van der Waals surface area contributed by atoms with E-state index in [1.165, 1.54) is 6.07 Å². The van der Waals surface area contributed by atoms with Crippen molar-refractivity contribution in [1.29, 1.82) is 0 Å². The standard InChI is InChI=1S/C14H19FN2O.ClH/c1-9-3-2-4-12(13(9)15)14(18)17-11-7-5-10(16)6-8-11;/h2-4,10-11H,5-8,16H2,1H3,(H,17,18);1H. The molecule has 0 radical (unpaired) electrons. The molecule has 0 heterocycles. The molecule has 1 saturated carbocycles. The van der Waals surface area contributed by atoms with Gasteiger partial charge in [-0.3, -0.25) is 4.79 Å². The minimum Gasteiger partial charge on any atom is -0.349 e. The van der Waals surface area contributed by atoms with Crippen LogP contribution in [0.15, 0.2) is 18.2 Å². The van der Waals surface area contributed by atoms with Crippen molar-refractivity contribution in [3.63, 3.8) is 0 Å². The summed E-state index contributed by atoms with van der Waals surface area (Å²) in [6.45, 7) is 1.66. The SMILES string of the molecule is Cc1cccc(C(=O)NC2CCC(N)CC2)c1F.Cl. The third-order valence-corrected chi connectivity index (χ3v) is 3.54. The lowest BCUT2D eigenvalue weighted by molar-refractivity contribution is 0.0921. The number of nitrogens with one attached hydrogen (secondary N) is 1. The Morgan fingerprint density at radius 3 is 2.58 bits per heavy atom. The van der Waals surface area contributed by atoms with E-state index in [1.54, 1.807) is 19.1 Å². The average Bonchev–Trinajstić information content (AvgIpc) is 2.35. The summed E-state index contributed by atoms with van der Waals surface area (Å²) < 4.78 is 13.8. The van der Waals surface area contributed by atoms with Crippen molar-refractivity contribution < 1.29 is 9.18 Å². The normalized spacial score (nSPS) is 22.5. The molecule has 0 atom stereocenters. The lowest BCUT2D eigenvalue weighted by atomic mass is 9.91. The fourth-order valence-electron chi connectivity index (χ4n) is 2.35. The molecule has 1 aliphatic carbocycles. The number of benzene rings is 1. The molecular formula is C14H20ClFN2O. The third kappa shape index (κ3) is 3.91. The monoisotopic (exact) mass is 286 g/mol. The van der Waals surface area contributed by atoms with Crippen molar-refractivity contribution in [2.24, 2.45) is 5.73 Å². The van der Waals surface area contributed by atoms with Gasteiger partial charge in [0.1, 0.15) is 5.82 Å². The molecule has 3 N–H and O–H groups in total. The van der Waals surface area contributed by atoms with Crippen LogP contribution in [0.1, 0.15) is 41.6 Å². The van der Waals surface area contributed by atoms with Gasteiger partial charge in [0.25, 0.3) is 5.91 Å². The van der Waals surface area contributed by atoms with E-state index in [4.69, 9.17) is 5.73 Å². The molecule has 3 nitrogen and oxygen atoms in total. The molecule has 1 amide bonds. The van der Waals surface area contributed by atoms with Crippen LogP contribution in [0.2, 0.25) is 0 Å². The average molecular weight is 287 g/mol. The first-order valence-corrected chi connectivity index (χ1v) is 6.39. The zero-order chi connectivity index (χ0) is 13.1. The third-order valence-electron chi connectivity index (χ3n) is 3.54. The highest BCUT2D eigenvalue weighted by atomic mass is 35.5. The van der Waals surface area contributed by atoms with Crippen LogP contribution in [-0.2, 0) is 0 Å². The summed E-state index contributed by atoms with van der Waals surface area (Å²) >= 11 is 0. The van der Waals surface area contributed by atoms with Crippen molar-refractivity contribution in [1.82, 2.24) is 5.32 Å². The van der Waals surface area contributed by atoms with E-state index < -0.39 is 5.82 Å². The van der Waals surface area contributed by atoms with Crippen LogP contribution in [0.4, 0.5) is 4.39 Å². The van der Waals surface area contributed by atoms with Gasteiger partial charge in [0.05, 0.1) is 5.56 Å². The first kappa shape index (κ1) is 15.9. The van der Waals surface area contributed by atoms with Crippen LogP contribution in [-0.4, -0.2) is 18.0 Å². The smallest absolute Gasteiger partial charge is 0.254 e. The minimum absolute atomic E-state index is 0. The van der Waals surface area contributed by atoms with E-state index in [-0.39, 0.29) is 36.0 Å². The first-order valence-electron chi connectivity index (χ1n) is 6.39. The van der Waals surface area contributed by atoms with Crippen LogP contribution in [0.3, 0.4) is 0 Å². The van der Waals surface area contributed by atoms with Crippen molar-refractivity contribution >= 4 is 18.3 Å². The Bertz CT molecular complexity index is 445. The number of hydrogen-bond acceptors (Lipinski definition) is 2. The Morgan fingerprint density at radius 2 is 1.95 bits per heavy atom. The summed E-state index contributed by atoms with van der Waals surface area (Å²) in [5.74, 6) is -0.751. The van der Waals surface area contributed by atoms with Crippen molar-refractivity contribution in [3.05, 3.63) is 35.1 Å². The quantitative estimate of drug-likeness (QED) is 0.878.